The number of hydrogen-bond acceptors (Lipinski definition) is 4. The first-order chi connectivity index (χ1) is 12.1. The van der Waals surface area contributed by atoms with Crippen molar-refractivity contribution in [3.05, 3.63) is 54.4 Å². The topological polar surface area (TPSA) is 84.5 Å². The van der Waals surface area contributed by atoms with Gasteiger partial charge in [-0.2, -0.15) is 0 Å². The molecular weight excluding hydrogens is 318 g/mol. The summed E-state index contributed by atoms with van der Waals surface area (Å²) in [6.07, 6.45) is 6.43. The molecular formula is C18H21N5O2. The molecule has 2 N–H and O–H groups in total. The van der Waals surface area contributed by atoms with E-state index in [1.54, 1.807) is 6.33 Å². The highest BCUT2D eigenvalue weighted by molar-refractivity contribution is 5.95. The predicted octanol–water partition coefficient (Wildman–Crippen LogP) is 1.35. The molecule has 1 aliphatic carbocycles. The summed E-state index contributed by atoms with van der Waals surface area (Å²) in [5.41, 5.74) is 1.61. The summed E-state index contributed by atoms with van der Waals surface area (Å²) in [5, 5.41) is 21.3. The van der Waals surface area contributed by atoms with E-state index in [1.165, 1.54) is 0 Å². The average molecular weight is 339 g/mol. The van der Waals surface area contributed by atoms with Crippen LogP contribution in [-0.2, 0) is 7.05 Å². The lowest BCUT2D eigenvalue weighted by Gasteiger charge is -2.14. The smallest absolute Gasteiger partial charge is 0.252 e. The van der Waals surface area contributed by atoms with Crippen LogP contribution in [0.25, 0.3) is 5.52 Å². The lowest BCUT2D eigenvalue weighted by molar-refractivity contribution is 0.0917. The van der Waals surface area contributed by atoms with Gasteiger partial charge in [0.15, 0.2) is 0 Å². The van der Waals surface area contributed by atoms with Crippen LogP contribution in [0, 0.1) is 5.92 Å². The third kappa shape index (κ3) is 3.02. The minimum atomic E-state index is -0.435. The van der Waals surface area contributed by atoms with Gasteiger partial charge in [-0.3, -0.25) is 4.79 Å². The summed E-state index contributed by atoms with van der Waals surface area (Å²) in [4.78, 5) is 12.4. The van der Waals surface area contributed by atoms with Gasteiger partial charge in [-0.15, -0.1) is 10.2 Å². The largest absolute Gasteiger partial charge is 0.393 e. The van der Waals surface area contributed by atoms with Crippen LogP contribution < -0.4 is 5.32 Å². The SMILES string of the molecule is Cn1cnnc1[C@H]1C[C@H](CNC(=O)c2cc3ccccn3c2)[C@H](O)C1. The van der Waals surface area contributed by atoms with Crippen LogP contribution in [0.3, 0.4) is 0 Å². The number of aliphatic hydroxyl groups is 1. The van der Waals surface area contributed by atoms with Crippen LogP contribution >= 0.6 is 0 Å². The van der Waals surface area contributed by atoms with E-state index < -0.39 is 6.10 Å². The highest BCUT2D eigenvalue weighted by Crippen LogP contribution is 2.37. The standard InChI is InChI=1S/C18H21N5O2/c1-22-11-20-21-17(22)12-6-13(16(24)8-12)9-19-18(25)14-7-15-4-2-3-5-23(15)10-14/h2-5,7,10-13,16,24H,6,8-9H2,1H3,(H,19,25)/t12-,13+,16+/m0/s1. The number of nitrogens with one attached hydrogen (secondary N) is 1. The molecule has 0 spiro atoms. The number of fused-ring (bicyclic) bond motifs is 1. The Morgan fingerprint density at radius 1 is 1.40 bits per heavy atom. The van der Waals surface area contributed by atoms with Gasteiger partial charge < -0.3 is 19.4 Å². The monoisotopic (exact) mass is 339 g/mol. The molecule has 0 radical (unpaired) electrons. The summed E-state index contributed by atoms with van der Waals surface area (Å²) in [5.74, 6) is 0.994. The summed E-state index contributed by atoms with van der Waals surface area (Å²) < 4.78 is 3.81. The maximum atomic E-state index is 12.4. The van der Waals surface area contributed by atoms with E-state index in [-0.39, 0.29) is 17.7 Å². The summed E-state index contributed by atoms with van der Waals surface area (Å²) >= 11 is 0. The van der Waals surface area contributed by atoms with Crippen molar-refractivity contribution in [3.8, 4) is 0 Å². The number of carbonyl (C=O) groups is 1. The first-order valence-corrected chi connectivity index (χ1v) is 8.48. The summed E-state index contributed by atoms with van der Waals surface area (Å²) in [6, 6.07) is 7.69. The fraction of sp³-hybridized carbons (Fsp3) is 0.389. The van der Waals surface area contributed by atoms with Gasteiger partial charge in [0.05, 0.1) is 11.7 Å². The lowest BCUT2D eigenvalue weighted by Crippen LogP contribution is -2.32. The average Bonchev–Trinajstić information content (AvgIpc) is 3.30. The van der Waals surface area contributed by atoms with E-state index >= 15 is 0 Å². The van der Waals surface area contributed by atoms with E-state index in [0.717, 1.165) is 17.8 Å². The summed E-state index contributed by atoms with van der Waals surface area (Å²) in [6.45, 7) is 0.459. The van der Waals surface area contributed by atoms with Crippen molar-refractivity contribution >= 4 is 11.4 Å². The first kappa shape index (κ1) is 15.8. The fourth-order valence-corrected chi connectivity index (χ4v) is 3.70. The minimum absolute atomic E-state index is 0.0303. The third-order valence-corrected chi connectivity index (χ3v) is 5.06. The molecule has 0 aromatic carbocycles. The van der Waals surface area contributed by atoms with E-state index in [1.807, 2.05) is 52.7 Å². The van der Waals surface area contributed by atoms with Crippen molar-refractivity contribution in [1.29, 1.82) is 0 Å². The van der Waals surface area contributed by atoms with Gasteiger partial charge in [0.25, 0.3) is 5.91 Å². The number of aryl methyl sites for hydroxylation is 1. The molecule has 4 rings (SSSR count). The second-order valence-electron chi connectivity index (χ2n) is 6.77. The molecule has 3 aromatic rings. The first-order valence-electron chi connectivity index (χ1n) is 8.48. The maximum Gasteiger partial charge on any atom is 0.252 e. The van der Waals surface area contributed by atoms with Gasteiger partial charge in [-0.1, -0.05) is 6.07 Å². The Morgan fingerprint density at radius 2 is 2.28 bits per heavy atom. The molecule has 130 valence electrons. The molecule has 1 aliphatic rings. The Kier molecular flexibility index (Phi) is 4.01. The van der Waals surface area contributed by atoms with Crippen molar-refractivity contribution in [2.75, 3.05) is 6.54 Å². The van der Waals surface area contributed by atoms with Crippen molar-refractivity contribution in [3.63, 3.8) is 0 Å². The highest BCUT2D eigenvalue weighted by atomic mass is 16.3. The fourth-order valence-electron chi connectivity index (χ4n) is 3.70. The highest BCUT2D eigenvalue weighted by Gasteiger charge is 2.36. The zero-order valence-corrected chi connectivity index (χ0v) is 14.0. The number of amides is 1. The zero-order chi connectivity index (χ0) is 17.4. The molecule has 25 heavy (non-hydrogen) atoms. The molecule has 0 saturated heterocycles. The van der Waals surface area contributed by atoms with E-state index in [0.29, 0.717) is 18.5 Å². The lowest BCUT2D eigenvalue weighted by atomic mass is 10.0. The van der Waals surface area contributed by atoms with Crippen LogP contribution in [0.2, 0.25) is 0 Å². The van der Waals surface area contributed by atoms with Crippen LogP contribution in [-0.4, -0.2) is 42.8 Å². The number of pyridine rings is 1. The van der Waals surface area contributed by atoms with Gasteiger partial charge in [-0.25, -0.2) is 0 Å². The van der Waals surface area contributed by atoms with Crippen LogP contribution in [0.5, 0.6) is 0 Å². The minimum Gasteiger partial charge on any atom is -0.393 e. The Morgan fingerprint density at radius 3 is 3.04 bits per heavy atom. The normalized spacial score (nSPS) is 23.2. The predicted molar refractivity (Wildman–Crippen MR) is 92.2 cm³/mol. The van der Waals surface area contributed by atoms with Gasteiger partial charge in [0.1, 0.15) is 12.2 Å². The zero-order valence-electron chi connectivity index (χ0n) is 14.0. The maximum absolute atomic E-state index is 12.4. The van der Waals surface area contributed by atoms with E-state index in [9.17, 15) is 9.90 Å². The Bertz CT molecular complexity index is 867. The van der Waals surface area contributed by atoms with Crippen molar-refractivity contribution in [2.24, 2.45) is 13.0 Å². The molecule has 3 heterocycles. The quantitative estimate of drug-likeness (QED) is 0.751. The molecule has 1 fully saturated rings. The Labute approximate surface area is 145 Å². The number of carbonyl (C=O) groups excluding carboxylic acids is 1. The number of nitrogens with zero attached hydrogens (tertiary/aromatic N) is 4. The van der Waals surface area contributed by atoms with Crippen LogP contribution in [0.4, 0.5) is 0 Å². The van der Waals surface area contributed by atoms with E-state index in [2.05, 4.69) is 15.5 Å². The molecule has 0 unspecified atom stereocenters. The van der Waals surface area contributed by atoms with Crippen LogP contribution in [0.1, 0.15) is 34.9 Å². The summed E-state index contributed by atoms with van der Waals surface area (Å²) in [7, 11) is 1.91. The number of hydrogen-bond donors (Lipinski definition) is 2. The molecule has 0 bridgehead atoms. The third-order valence-electron chi connectivity index (χ3n) is 5.06. The number of aromatic nitrogens is 4. The molecule has 1 saturated carbocycles. The number of aliphatic hydroxyl groups excluding tert-OH is 1. The molecule has 1 amide bonds. The van der Waals surface area contributed by atoms with Gasteiger partial charge >= 0.3 is 0 Å². The van der Waals surface area contributed by atoms with Crippen molar-refractivity contribution in [1.82, 2.24) is 24.5 Å². The molecule has 0 aliphatic heterocycles. The van der Waals surface area contributed by atoms with Gasteiger partial charge in [-0.05, 0) is 31.0 Å². The van der Waals surface area contributed by atoms with Gasteiger partial charge in [0, 0.05) is 43.3 Å². The van der Waals surface area contributed by atoms with Crippen molar-refractivity contribution in [2.45, 2.75) is 24.9 Å². The Balaban J connectivity index is 1.39. The number of rotatable bonds is 4. The van der Waals surface area contributed by atoms with E-state index in [4.69, 9.17) is 0 Å². The second-order valence-corrected chi connectivity index (χ2v) is 6.77. The Hall–Kier alpha value is -2.67. The van der Waals surface area contributed by atoms with Gasteiger partial charge in [0.2, 0.25) is 0 Å². The second kappa shape index (κ2) is 6.33. The molecule has 3 aromatic heterocycles. The molecule has 7 heteroatoms. The molecule has 3 atom stereocenters. The van der Waals surface area contributed by atoms with Crippen LogP contribution in [0.15, 0.2) is 43.0 Å². The van der Waals surface area contributed by atoms with Crippen molar-refractivity contribution < 1.29 is 9.90 Å². The molecule has 7 nitrogen and oxygen atoms in total.